The van der Waals surface area contributed by atoms with Crippen molar-refractivity contribution in [2.45, 2.75) is 25.9 Å². The number of likely N-dealkylation sites (tertiary alicyclic amines) is 1. The molecular formula is C15H23N3O2. The highest BCUT2D eigenvalue weighted by Crippen LogP contribution is 2.23. The molecule has 1 heterocycles. The number of carbonyl (C=O) groups is 1. The molecule has 0 radical (unpaired) electrons. The number of hydrogen-bond donors (Lipinski definition) is 3. The first kappa shape index (κ1) is 15.0. The van der Waals surface area contributed by atoms with Crippen molar-refractivity contribution in [3.63, 3.8) is 0 Å². The number of hydrogen-bond acceptors (Lipinski definition) is 4. The Morgan fingerprint density at radius 1 is 1.50 bits per heavy atom. The van der Waals surface area contributed by atoms with E-state index < -0.39 is 0 Å². The van der Waals surface area contributed by atoms with Crippen LogP contribution in [0.25, 0.3) is 0 Å². The molecule has 0 aliphatic carbocycles. The van der Waals surface area contributed by atoms with E-state index in [0.717, 1.165) is 24.2 Å². The lowest BCUT2D eigenvalue weighted by atomic mass is 10.0. The highest BCUT2D eigenvalue weighted by molar-refractivity contribution is 5.93. The summed E-state index contributed by atoms with van der Waals surface area (Å²) in [6.45, 7) is 3.79. The number of aliphatic hydroxyl groups is 1. The zero-order valence-corrected chi connectivity index (χ0v) is 11.9. The predicted octanol–water partition coefficient (Wildman–Crippen LogP) is 0.787. The fourth-order valence-corrected chi connectivity index (χ4v) is 2.77. The van der Waals surface area contributed by atoms with Gasteiger partial charge in [0.15, 0.2) is 0 Å². The first-order valence-corrected chi connectivity index (χ1v) is 7.08. The number of rotatable bonds is 5. The Morgan fingerprint density at radius 2 is 2.25 bits per heavy atom. The molecule has 5 heteroatoms. The average molecular weight is 277 g/mol. The molecule has 1 aromatic carbocycles. The average Bonchev–Trinajstić information content (AvgIpc) is 2.79. The van der Waals surface area contributed by atoms with Gasteiger partial charge >= 0.3 is 0 Å². The molecule has 1 amide bonds. The summed E-state index contributed by atoms with van der Waals surface area (Å²) in [6, 6.07) is 7.64. The van der Waals surface area contributed by atoms with Crippen molar-refractivity contribution in [3.05, 3.63) is 29.8 Å². The second-order valence-electron chi connectivity index (χ2n) is 5.40. The number of carbonyl (C=O) groups excluding carboxylic acids is 1. The molecule has 2 unspecified atom stereocenters. The van der Waals surface area contributed by atoms with Gasteiger partial charge in [0.1, 0.15) is 0 Å². The Bertz CT molecular complexity index is 464. The molecule has 1 aliphatic rings. The number of nitrogens with zero attached hydrogens (tertiary/aromatic N) is 1. The van der Waals surface area contributed by atoms with Crippen LogP contribution in [0.4, 0.5) is 5.69 Å². The van der Waals surface area contributed by atoms with Crippen LogP contribution < -0.4 is 11.1 Å². The second-order valence-corrected chi connectivity index (χ2v) is 5.40. The number of aliphatic hydroxyl groups excluding tert-OH is 1. The normalized spacial score (nSPS) is 22.9. The minimum Gasteiger partial charge on any atom is -0.395 e. The van der Waals surface area contributed by atoms with Gasteiger partial charge in [-0.2, -0.15) is 0 Å². The van der Waals surface area contributed by atoms with E-state index in [0.29, 0.717) is 19.0 Å². The zero-order valence-electron chi connectivity index (χ0n) is 11.9. The standard InChI is InChI=1S/C15H23N3O2/c1-11-6-7-18(14(11)10-19)9-15(20)17-13-5-3-2-4-12(13)8-16/h2-5,11,14,19H,6-10,16H2,1H3,(H,17,20). The maximum atomic E-state index is 12.1. The van der Waals surface area contributed by atoms with E-state index in [2.05, 4.69) is 12.2 Å². The third-order valence-electron chi connectivity index (χ3n) is 4.04. The van der Waals surface area contributed by atoms with Crippen LogP contribution in [0.15, 0.2) is 24.3 Å². The first-order valence-electron chi connectivity index (χ1n) is 7.08. The SMILES string of the molecule is CC1CCN(CC(=O)Nc2ccccc2CN)C1CO. The molecule has 20 heavy (non-hydrogen) atoms. The van der Waals surface area contributed by atoms with Crippen molar-refractivity contribution < 1.29 is 9.90 Å². The van der Waals surface area contributed by atoms with Gasteiger partial charge in [0.25, 0.3) is 0 Å². The Hall–Kier alpha value is -1.43. The van der Waals surface area contributed by atoms with Crippen molar-refractivity contribution in [1.82, 2.24) is 4.90 Å². The molecule has 0 saturated carbocycles. The van der Waals surface area contributed by atoms with Crippen molar-refractivity contribution in [2.75, 3.05) is 25.0 Å². The maximum absolute atomic E-state index is 12.1. The van der Waals surface area contributed by atoms with E-state index in [9.17, 15) is 9.90 Å². The van der Waals surface area contributed by atoms with Crippen LogP contribution >= 0.6 is 0 Å². The highest BCUT2D eigenvalue weighted by Gasteiger charge is 2.31. The van der Waals surface area contributed by atoms with Gasteiger partial charge in [-0.3, -0.25) is 9.69 Å². The minimum absolute atomic E-state index is 0.0570. The van der Waals surface area contributed by atoms with E-state index in [1.807, 2.05) is 29.2 Å². The lowest BCUT2D eigenvalue weighted by Crippen LogP contribution is -2.40. The van der Waals surface area contributed by atoms with Gasteiger partial charge in [-0.25, -0.2) is 0 Å². The van der Waals surface area contributed by atoms with Crippen LogP contribution in [-0.4, -0.2) is 41.7 Å². The van der Waals surface area contributed by atoms with Crippen LogP contribution in [0.1, 0.15) is 18.9 Å². The molecule has 2 atom stereocenters. The molecule has 1 aliphatic heterocycles. The number of nitrogens with two attached hydrogens (primary N) is 1. The summed E-state index contributed by atoms with van der Waals surface area (Å²) in [4.78, 5) is 14.2. The fourth-order valence-electron chi connectivity index (χ4n) is 2.77. The van der Waals surface area contributed by atoms with Crippen molar-refractivity contribution in [2.24, 2.45) is 11.7 Å². The summed E-state index contributed by atoms with van der Waals surface area (Å²) in [5, 5.41) is 12.3. The van der Waals surface area contributed by atoms with Gasteiger partial charge in [-0.05, 0) is 30.5 Å². The molecule has 110 valence electrons. The third-order valence-corrected chi connectivity index (χ3v) is 4.04. The van der Waals surface area contributed by atoms with Gasteiger partial charge < -0.3 is 16.2 Å². The molecule has 5 nitrogen and oxygen atoms in total. The van der Waals surface area contributed by atoms with Crippen LogP contribution in [0, 0.1) is 5.92 Å². The molecule has 0 bridgehead atoms. The summed E-state index contributed by atoms with van der Waals surface area (Å²) in [6.07, 6.45) is 1.03. The van der Waals surface area contributed by atoms with Crippen LogP contribution in [0.3, 0.4) is 0 Å². The summed E-state index contributed by atoms with van der Waals surface area (Å²) >= 11 is 0. The van der Waals surface area contributed by atoms with Crippen LogP contribution in [-0.2, 0) is 11.3 Å². The van der Waals surface area contributed by atoms with Gasteiger partial charge in [-0.15, -0.1) is 0 Å². The van der Waals surface area contributed by atoms with E-state index in [-0.39, 0.29) is 18.6 Å². The number of amides is 1. The van der Waals surface area contributed by atoms with E-state index >= 15 is 0 Å². The number of anilines is 1. The molecule has 1 fully saturated rings. The smallest absolute Gasteiger partial charge is 0.238 e. The molecule has 0 spiro atoms. The topological polar surface area (TPSA) is 78.6 Å². The van der Waals surface area contributed by atoms with Crippen molar-refractivity contribution in [1.29, 1.82) is 0 Å². The molecule has 4 N–H and O–H groups in total. The predicted molar refractivity (Wildman–Crippen MR) is 79.2 cm³/mol. The zero-order chi connectivity index (χ0) is 14.5. The molecule has 1 saturated heterocycles. The van der Waals surface area contributed by atoms with Crippen molar-refractivity contribution >= 4 is 11.6 Å². The molecule has 1 aromatic rings. The van der Waals surface area contributed by atoms with E-state index in [1.165, 1.54) is 0 Å². The summed E-state index contributed by atoms with van der Waals surface area (Å²) in [5.74, 6) is 0.377. The number of nitrogens with one attached hydrogen (secondary N) is 1. The third kappa shape index (κ3) is 3.36. The van der Waals surface area contributed by atoms with Crippen LogP contribution in [0.5, 0.6) is 0 Å². The number of benzene rings is 1. The van der Waals surface area contributed by atoms with Crippen molar-refractivity contribution in [3.8, 4) is 0 Å². The maximum Gasteiger partial charge on any atom is 0.238 e. The molecular weight excluding hydrogens is 254 g/mol. The van der Waals surface area contributed by atoms with Crippen LogP contribution in [0.2, 0.25) is 0 Å². The summed E-state index contributed by atoms with van der Waals surface area (Å²) in [5.41, 5.74) is 7.35. The van der Waals surface area contributed by atoms with Gasteiger partial charge in [0.05, 0.1) is 13.2 Å². The summed E-state index contributed by atoms with van der Waals surface area (Å²) in [7, 11) is 0. The quantitative estimate of drug-likeness (QED) is 0.743. The van der Waals surface area contributed by atoms with Gasteiger partial charge in [0.2, 0.25) is 5.91 Å². The Morgan fingerprint density at radius 3 is 2.95 bits per heavy atom. The van der Waals surface area contributed by atoms with E-state index in [4.69, 9.17) is 5.73 Å². The highest BCUT2D eigenvalue weighted by atomic mass is 16.3. The largest absolute Gasteiger partial charge is 0.395 e. The van der Waals surface area contributed by atoms with E-state index in [1.54, 1.807) is 0 Å². The van der Waals surface area contributed by atoms with Gasteiger partial charge in [-0.1, -0.05) is 25.1 Å². The Balaban J connectivity index is 1.96. The lowest BCUT2D eigenvalue weighted by molar-refractivity contribution is -0.117. The molecule has 0 aromatic heterocycles. The first-order chi connectivity index (χ1) is 9.65. The fraction of sp³-hybridized carbons (Fsp3) is 0.533. The number of para-hydroxylation sites is 1. The Labute approximate surface area is 119 Å². The Kier molecular flexibility index (Phi) is 5.11. The summed E-state index contributed by atoms with van der Waals surface area (Å²) < 4.78 is 0. The minimum atomic E-state index is -0.0570. The lowest BCUT2D eigenvalue weighted by Gasteiger charge is -2.24. The van der Waals surface area contributed by atoms with Gasteiger partial charge in [0, 0.05) is 18.3 Å². The second kappa shape index (κ2) is 6.83. The monoisotopic (exact) mass is 277 g/mol. The molecule has 2 rings (SSSR count).